The van der Waals surface area contributed by atoms with Crippen molar-refractivity contribution in [3.8, 4) is 5.75 Å². The van der Waals surface area contributed by atoms with E-state index in [1.807, 2.05) is 24.3 Å². The van der Waals surface area contributed by atoms with Gasteiger partial charge in [0.25, 0.3) is 5.91 Å². The lowest BCUT2D eigenvalue weighted by molar-refractivity contribution is 0.0970. The highest BCUT2D eigenvalue weighted by Crippen LogP contribution is 2.41. The summed E-state index contributed by atoms with van der Waals surface area (Å²) in [4.78, 5) is 32.8. The lowest BCUT2D eigenvalue weighted by atomic mass is 9.98. The topological polar surface area (TPSA) is 72.6 Å². The molecule has 1 amide bonds. The summed E-state index contributed by atoms with van der Waals surface area (Å²) in [5.74, 6) is 0.727. The maximum atomic E-state index is 13.5. The molecule has 0 radical (unpaired) electrons. The average molecular weight is 461 g/mol. The van der Waals surface area contributed by atoms with Crippen LogP contribution >= 0.6 is 11.6 Å². The van der Waals surface area contributed by atoms with Crippen LogP contribution in [0.1, 0.15) is 47.5 Å². The predicted molar refractivity (Wildman–Crippen MR) is 127 cm³/mol. The van der Waals surface area contributed by atoms with Crippen LogP contribution in [-0.4, -0.2) is 17.5 Å². The molecule has 5 rings (SSSR count). The number of hydrogen-bond acceptors (Lipinski definition) is 5. The van der Waals surface area contributed by atoms with Crippen LogP contribution in [0.25, 0.3) is 11.0 Å². The van der Waals surface area contributed by atoms with Crippen LogP contribution in [0.2, 0.25) is 5.02 Å². The molecule has 1 aliphatic heterocycles. The quantitative estimate of drug-likeness (QED) is 0.341. The van der Waals surface area contributed by atoms with Crippen LogP contribution in [0, 0.1) is 0 Å². The van der Waals surface area contributed by atoms with Crippen molar-refractivity contribution in [2.45, 2.75) is 25.8 Å². The third-order valence-corrected chi connectivity index (χ3v) is 5.92. The van der Waals surface area contributed by atoms with Crippen LogP contribution in [0.15, 0.2) is 76.1 Å². The second-order valence-electron chi connectivity index (χ2n) is 7.85. The van der Waals surface area contributed by atoms with Crippen molar-refractivity contribution in [2.24, 2.45) is 0 Å². The monoisotopic (exact) mass is 460 g/mol. The lowest BCUT2D eigenvalue weighted by Crippen LogP contribution is -2.30. The number of halogens is 1. The van der Waals surface area contributed by atoms with Crippen LogP contribution in [0.5, 0.6) is 5.75 Å². The van der Waals surface area contributed by atoms with Crippen molar-refractivity contribution in [2.75, 3.05) is 11.5 Å². The predicted octanol–water partition coefficient (Wildman–Crippen LogP) is 5.77. The molecule has 0 bridgehead atoms. The Kier molecular flexibility index (Phi) is 5.60. The van der Waals surface area contributed by atoms with Gasteiger partial charge in [0, 0.05) is 6.20 Å². The van der Waals surface area contributed by atoms with Crippen LogP contribution in [0.3, 0.4) is 0 Å². The molecular formula is C26H21ClN2O4. The summed E-state index contributed by atoms with van der Waals surface area (Å²) in [6.45, 7) is 2.74. The van der Waals surface area contributed by atoms with E-state index in [1.54, 1.807) is 36.4 Å². The number of aromatic nitrogens is 1. The maximum Gasteiger partial charge on any atom is 0.296 e. The van der Waals surface area contributed by atoms with Crippen LogP contribution < -0.4 is 15.1 Å². The summed E-state index contributed by atoms with van der Waals surface area (Å²) in [5, 5.41) is 0.882. The molecule has 1 aliphatic rings. The smallest absolute Gasteiger partial charge is 0.296 e. The van der Waals surface area contributed by atoms with E-state index in [0.29, 0.717) is 34.0 Å². The van der Waals surface area contributed by atoms with E-state index in [-0.39, 0.29) is 11.2 Å². The van der Waals surface area contributed by atoms with Crippen LogP contribution in [0.4, 0.5) is 5.82 Å². The molecule has 2 aromatic carbocycles. The molecule has 33 heavy (non-hydrogen) atoms. The fraction of sp³-hybridized carbons (Fsp3) is 0.192. The zero-order valence-corrected chi connectivity index (χ0v) is 18.7. The van der Waals surface area contributed by atoms with Crippen molar-refractivity contribution in [3.63, 3.8) is 0 Å². The van der Waals surface area contributed by atoms with Crippen molar-refractivity contribution in [1.29, 1.82) is 0 Å². The average Bonchev–Trinajstić information content (AvgIpc) is 3.13. The summed E-state index contributed by atoms with van der Waals surface area (Å²) in [6.07, 6.45) is 3.49. The first-order valence-corrected chi connectivity index (χ1v) is 11.2. The highest BCUT2D eigenvalue weighted by molar-refractivity contribution is 6.30. The van der Waals surface area contributed by atoms with Gasteiger partial charge in [0.15, 0.2) is 5.43 Å². The molecule has 1 atom stereocenters. The molecule has 6 nitrogen and oxygen atoms in total. The Morgan fingerprint density at radius 2 is 1.85 bits per heavy atom. The Morgan fingerprint density at radius 1 is 1.06 bits per heavy atom. The first-order chi connectivity index (χ1) is 16.1. The molecule has 0 unspecified atom stereocenters. The van der Waals surface area contributed by atoms with E-state index in [2.05, 4.69) is 11.9 Å². The molecule has 0 N–H and O–H groups in total. The maximum absolute atomic E-state index is 13.5. The van der Waals surface area contributed by atoms with E-state index >= 15 is 0 Å². The summed E-state index contributed by atoms with van der Waals surface area (Å²) in [6, 6.07) is 17.0. The zero-order valence-electron chi connectivity index (χ0n) is 18.0. The number of nitrogens with zero attached hydrogens (tertiary/aromatic N) is 2. The van der Waals surface area contributed by atoms with E-state index < -0.39 is 11.9 Å². The Morgan fingerprint density at radius 3 is 2.58 bits per heavy atom. The number of rotatable bonds is 6. The minimum Gasteiger partial charge on any atom is -0.494 e. The Labute approximate surface area is 195 Å². The number of para-hydroxylation sites is 1. The number of ether oxygens (including phenoxy) is 1. The third-order valence-electron chi connectivity index (χ3n) is 5.70. The summed E-state index contributed by atoms with van der Waals surface area (Å²) in [5.41, 5.74) is 1.20. The molecule has 7 heteroatoms. The number of amides is 1. The number of carbonyl (C=O) groups is 1. The number of hydrogen-bond donors (Lipinski definition) is 0. The number of benzene rings is 2. The van der Waals surface area contributed by atoms with Gasteiger partial charge in [-0.15, -0.1) is 0 Å². The molecule has 4 aromatic rings. The largest absolute Gasteiger partial charge is 0.494 e. The normalized spacial score (nSPS) is 15.2. The van der Waals surface area contributed by atoms with Crippen molar-refractivity contribution in [1.82, 2.24) is 4.98 Å². The van der Waals surface area contributed by atoms with Gasteiger partial charge in [0.2, 0.25) is 5.76 Å². The molecule has 166 valence electrons. The van der Waals surface area contributed by atoms with Gasteiger partial charge < -0.3 is 9.15 Å². The van der Waals surface area contributed by atoms with Gasteiger partial charge in [-0.3, -0.25) is 14.5 Å². The molecule has 0 spiro atoms. The number of fused-ring (bicyclic) bond motifs is 2. The van der Waals surface area contributed by atoms with Crippen molar-refractivity contribution >= 4 is 34.3 Å². The summed E-state index contributed by atoms with van der Waals surface area (Å²) in [7, 11) is 0. The van der Waals surface area contributed by atoms with Gasteiger partial charge in [0.1, 0.15) is 17.2 Å². The van der Waals surface area contributed by atoms with Gasteiger partial charge >= 0.3 is 0 Å². The van der Waals surface area contributed by atoms with E-state index in [9.17, 15) is 9.59 Å². The van der Waals surface area contributed by atoms with Crippen molar-refractivity contribution < 1.29 is 13.9 Å². The highest BCUT2D eigenvalue weighted by Gasteiger charge is 2.44. The van der Waals surface area contributed by atoms with Gasteiger partial charge in [0.05, 0.1) is 28.6 Å². The number of carbonyl (C=O) groups excluding carboxylic acids is 1. The molecule has 2 aromatic heterocycles. The SMILES string of the molecule is CCCCOc1ccc([C@H]2c3c(oc4ccccc4c3=O)C(=O)N2c2ccc(Cl)cn2)cc1. The van der Waals surface area contributed by atoms with Crippen molar-refractivity contribution in [3.05, 3.63) is 99.0 Å². The Balaban J connectivity index is 1.66. The molecule has 3 heterocycles. The van der Waals surface area contributed by atoms with Gasteiger partial charge in [-0.25, -0.2) is 4.98 Å². The molecule has 0 aliphatic carbocycles. The minimum absolute atomic E-state index is 0.0312. The second kappa shape index (κ2) is 8.71. The fourth-order valence-electron chi connectivity index (χ4n) is 4.06. The molecule has 0 saturated heterocycles. The first kappa shape index (κ1) is 21.2. The van der Waals surface area contributed by atoms with Gasteiger partial charge in [-0.2, -0.15) is 0 Å². The first-order valence-electron chi connectivity index (χ1n) is 10.8. The number of unbranched alkanes of at least 4 members (excludes halogenated alkanes) is 1. The Bertz CT molecular complexity index is 1380. The second-order valence-corrected chi connectivity index (χ2v) is 8.29. The molecule has 0 fully saturated rings. The number of anilines is 1. The third kappa shape index (κ3) is 3.76. The standard InChI is InChI=1S/C26H21ClN2O4/c1-2-3-14-32-18-11-8-16(9-12-18)23-22-24(30)19-6-4-5-7-20(19)33-25(22)26(31)29(23)21-13-10-17(27)15-28-21/h4-13,15,23H,2-3,14H2,1H3/t23-/m0/s1. The van der Waals surface area contributed by atoms with Gasteiger partial charge in [-0.05, 0) is 48.4 Å². The lowest BCUT2D eigenvalue weighted by Gasteiger charge is -2.24. The Hall–Kier alpha value is -3.64. The summed E-state index contributed by atoms with van der Waals surface area (Å²) < 4.78 is 11.7. The number of pyridine rings is 1. The van der Waals surface area contributed by atoms with Crippen LogP contribution in [-0.2, 0) is 0 Å². The minimum atomic E-state index is -0.688. The molecular weight excluding hydrogens is 440 g/mol. The van der Waals surface area contributed by atoms with Gasteiger partial charge in [-0.1, -0.05) is 49.2 Å². The molecule has 0 saturated carbocycles. The summed E-state index contributed by atoms with van der Waals surface area (Å²) >= 11 is 6.01. The van der Waals surface area contributed by atoms with E-state index in [4.69, 9.17) is 20.8 Å². The van der Waals surface area contributed by atoms with E-state index in [0.717, 1.165) is 24.2 Å². The highest BCUT2D eigenvalue weighted by atomic mass is 35.5. The van der Waals surface area contributed by atoms with E-state index in [1.165, 1.54) is 11.1 Å². The zero-order chi connectivity index (χ0) is 22.9. The fourth-order valence-corrected chi connectivity index (χ4v) is 4.17.